The fraction of sp³-hybridized carbons (Fsp3) is 0.0667. The van der Waals surface area contributed by atoms with E-state index < -0.39 is 0 Å². The Morgan fingerprint density at radius 3 is 2.85 bits per heavy atom. The Labute approximate surface area is 126 Å². The molecule has 1 aliphatic heterocycles. The zero-order valence-corrected chi connectivity index (χ0v) is 12.4. The third-order valence-electron chi connectivity index (χ3n) is 2.97. The number of rotatable bonds is 2. The maximum atomic E-state index is 12.5. The van der Waals surface area contributed by atoms with Gasteiger partial charge in [0.1, 0.15) is 5.70 Å². The molecule has 1 N–H and O–H groups in total. The lowest BCUT2D eigenvalue weighted by Crippen LogP contribution is -2.30. The summed E-state index contributed by atoms with van der Waals surface area (Å²) in [5.74, 6) is -0.117. The average molecular weight is 300 g/mol. The number of hydrogen-bond donors (Lipinski definition) is 1. The second-order valence-corrected chi connectivity index (χ2v) is 5.85. The molecule has 2 aromatic rings. The summed E-state index contributed by atoms with van der Waals surface area (Å²) in [6.07, 6.45) is 1.83. The van der Waals surface area contributed by atoms with E-state index in [0.29, 0.717) is 10.8 Å². The van der Waals surface area contributed by atoms with Crippen molar-refractivity contribution < 1.29 is 4.79 Å². The minimum absolute atomic E-state index is 0.117. The molecule has 3 rings (SSSR count). The van der Waals surface area contributed by atoms with Crippen LogP contribution in [0.15, 0.2) is 47.5 Å². The molecule has 0 aliphatic carbocycles. The second-order valence-electron chi connectivity index (χ2n) is 4.48. The van der Waals surface area contributed by atoms with Crippen molar-refractivity contribution >= 4 is 46.3 Å². The van der Waals surface area contributed by atoms with E-state index in [4.69, 9.17) is 12.2 Å². The summed E-state index contributed by atoms with van der Waals surface area (Å²) in [6, 6.07) is 11.6. The van der Waals surface area contributed by atoms with Gasteiger partial charge in [0.2, 0.25) is 0 Å². The normalized spacial score (nSPS) is 16.9. The molecule has 2 heterocycles. The minimum atomic E-state index is -0.117. The van der Waals surface area contributed by atoms with Gasteiger partial charge in [-0.15, -0.1) is 11.3 Å². The molecule has 1 aliphatic rings. The molecule has 0 unspecified atom stereocenters. The summed E-state index contributed by atoms with van der Waals surface area (Å²) < 4.78 is 0. The summed E-state index contributed by atoms with van der Waals surface area (Å²) in [5, 5.41) is 5.38. The zero-order chi connectivity index (χ0) is 14.1. The molecule has 1 aromatic carbocycles. The van der Waals surface area contributed by atoms with E-state index in [2.05, 4.69) is 5.32 Å². The molecule has 100 valence electrons. The van der Waals surface area contributed by atoms with Crippen LogP contribution in [0.25, 0.3) is 6.08 Å². The van der Waals surface area contributed by atoms with Gasteiger partial charge in [0.25, 0.3) is 5.91 Å². The average Bonchev–Trinajstić information content (AvgIpc) is 2.99. The van der Waals surface area contributed by atoms with Gasteiger partial charge >= 0.3 is 0 Å². The van der Waals surface area contributed by atoms with Crippen molar-refractivity contribution in [3.05, 3.63) is 57.9 Å². The van der Waals surface area contributed by atoms with Gasteiger partial charge in [-0.3, -0.25) is 9.69 Å². The maximum Gasteiger partial charge on any atom is 0.281 e. The first-order valence-corrected chi connectivity index (χ1v) is 7.41. The van der Waals surface area contributed by atoms with Crippen molar-refractivity contribution in [1.82, 2.24) is 5.32 Å². The Morgan fingerprint density at radius 2 is 2.15 bits per heavy atom. The third-order valence-corrected chi connectivity index (χ3v) is 4.07. The number of aryl methyl sites for hydroxylation is 1. The summed E-state index contributed by atoms with van der Waals surface area (Å²) in [7, 11) is 0. The van der Waals surface area contributed by atoms with Crippen LogP contribution < -0.4 is 10.2 Å². The Balaban J connectivity index is 1.95. The minimum Gasteiger partial charge on any atom is -0.327 e. The van der Waals surface area contributed by atoms with Gasteiger partial charge in [-0.2, -0.15) is 0 Å². The largest absolute Gasteiger partial charge is 0.327 e. The molecular weight excluding hydrogens is 288 g/mol. The molecule has 0 atom stereocenters. The van der Waals surface area contributed by atoms with Crippen molar-refractivity contribution in [1.29, 1.82) is 0 Å². The number of benzene rings is 1. The lowest BCUT2D eigenvalue weighted by Gasteiger charge is -2.14. The van der Waals surface area contributed by atoms with Crippen LogP contribution in [0.5, 0.6) is 0 Å². The van der Waals surface area contributed by atoms with Crippen LogP contribution in [0.4, 0.5) is 5.69 Å². The summed E-state index contributed by atoms with van der Waals surface area (Å²) in [6.45, 7) is 1.99. The van der Waals surface area contributed by atoms with Crippen LogP contribution in [-0.2, 0) is 4.79 Å². The number of thiophene rings is 1. The van der Waals surface area contributed by atoms with E-state index in [-0.39, 0.29) is 5.91 Å². The predicted octanol–water partition coefficient (Wildman–Crippen LogP) is 3.32. The highest BCUT2D eigenvalue weighted by Gasteiger charge is 2.31. The molecule has 1 saturated heterocycles. The molecule has 20 heavy (non-hydrogen) atoms. The maximum absolute atomic E-state index is 12.5. The molecule has 3 nitrogen and oxygen atoms in total. The van der Waals surface area contributed by atoms with Crippen LogP contribution in [0.2, 0.25) is 0 Å². The van der Waals surface area contributed by atoms with Crippen molar-refractivity contribution in [3.63, 3.8) is 0 Å². The van der Waals surface area contributed by atoms with Gasteiger partial charge in [0.15, 0.2) is 5.11 Å². The zero-order valence-electron chi connectivity index (χ0n) is 10.8. The molecule has 1 fully saturated rings. The summed E-state index contributed by atoms with van der Waals surface area (Å²) >= 11 is 6.85. The topological polar surface area (TPSA) is 32.3 Å². The Hall–Kier alpha value is -1.98. The molecule has 1 aromatic heterocycles. The molecule has 1 amide bonds. The SMILES string of the molecule is Cc1cccc(N2C(=O)/C(=C/c3cccs3)NC2=S)c1. The first-order valence-electron chi connectivity index (χ1n) is 6.12. The number of anilines is 1. The predicted molar refractivity (Wildman–Crippen MR) is 86.7 cm³/mol. The summed E-state index contributed by atoms with van der Waals surface area (Å²) in [4.78, 5) is 15.0. The molecule has 0 radical (unpaired) electrons. The second kappa shape index (κ2) is 5.19. The first kappa shape index (κ1) is 13.0. The standard InChI is InChI=1S/C15H12N2OS2/c1-10-4-2-5-11(8-10)17-14(18)13(16-15(17)19)9-12-6-3-7-20-12/h2-9H,1H3,(H,16,19)/b13-9-. The third kappa shape index (κ3) is 2.37. The number of carbonyl (C=O) groups is 1. The van der Waals surface area contributed by atoms with Gasteiger partial charge in [-0.25, -0.2) is 0 Å². The molecule has 0 bridgehead atoms. The van der Waals surface area contributed by atoms with Gasteiger partial charge in [-0.05, 0) is 54.4 Å². The van der Waals surface area contributed by atoms with Crippen LogP contribution >= 0.6 is 23.6 Å². The van der Waals surface area contributed by atoms with Crippen molar-refractivity contribution in [2.24, 2.45) is 0 Å². The van der Waals surface area contributed by atoms with Gasteiger partial charge in [0.05, 0.1) is 5.69 Å². The van der Waals surface area contributed by atoms with E-state index in [9.17, 15) is 4.79 Å². The number of hydrogen-bond acceptors (Lipinski definition) is 3. The van der Waals surface area contributed by atoms with E-state index in [1.807, 2.05) is 54.8 Å². The number of amides is 1. The van der Waals surface area contributed by atoms with Crippen molar-refractivity contribution in [2.75, 3.05) is 4.90 Å². The van der Waals surface area contributed by atoms with E-state index in [1.54, 1.807) is 11.3 Å². The molecular formula is C15H12N2OS2. The molecule has 5 heteroatoms. The van der Waals surface area contributed by atoms with Gasteiger partial charge in [0, 0.05) is 4.88 Å². The number of thiocarbonyl (C=S) groups is 1. The Bertz CT molecular complexity index is 704. The van der Waals surface area contributed by atoms with Gasteiger partial charge < -0.3 is 5.32 Å². The lowest BCUT2D eigenvalue weighted by atomic mass is 10.2. The number of carbonyl (C=O) groups excluding carboxylic acids is 1. The lowest BCUT2D eigenvalue weighted by molar-refractivity contribution is -0.113. The van der Waals surface area contributed by atoms with Crippen molar-refractivity contribution in [2.45, 2.75) is 6.92 Å². The Morgan fingerprint density at radius 1 is 1.30 bits per heavy atom. The van der Waals surface area contributed by atoms with E-state index in [1.165, 1.54) is 4.90 Å². The fourth-order valence-electron chi connectivity index (χ4n) is 2.05. The van der Waals surface area contributed by atoms with Gasteiger partial charge in [-0.1, -0.05) is 18.2 Å². The van der Waals surface area contributed by atoms with Crippen LogP contribution in [0.1, 0.15) is 10.4 Å². The monoisotopic (exact) mass is 300 g/mol. The highest BCUT2D eigenvalue weighted by molar-refractivity contribution is 7.80. The van der Waals surface area contributed by atoms with Crippen LogP contribution in [0.3, 0.4) is 0 Å². The van der Waals surface area contributed by atoms with E-state index in [0.717, 1.165) is 16.1 Å². The summed E-state index contributed by atoms with van der Waals surface area (Å²) in [5.41, 5.74) is 2.40. The van der Waals surface area contributed by atoms with Crippen LogP contribution in [0, 0.1) is 6.92 Å². The van der Waals surface area contributed by atoms with Crippen molar-refractivity contribution in [3.8, 4) is 0 Å². The number of nitrogens with zero attached hydrogens (tertiary/aromatic N) is 1. The molecule has 0 spiro atoms. The Kier molecular flexibility index (Phi) is 3.38. The smallest absolute Gasteiger partial charge is 0.281 e. The fourth-order valence-corrected chi connectivity index (χ4v) is 3.01. The van der Waals surface area contributed by atoms with E-state index >= 15 is 0 Å². The first-order chi connectivity index (χ1) is 9.65. The quantitative estimate of drug-likeness (QED) is 0.682. The number of nitrogens with one attached hydrogen (secondary N) is 1. The van der Waals surface area contributed by atoms with Crippen LogP contribution in [-0.4, -0.2) is 11.0 Å². The molecule has 0 saturated carbocycles. The highest BCUT2D eigenvalue weighted by Crippen LogP contribution is 2.24. The highest BCUT2D eigenvalue weighted by atomic mass is 32.1.